The van der Waals surface area contributed by atoms with Crippen LogP contribution in [0.3, 0.4) is 0 Å². The summed E-state index contributed by atoms with van der Waals surface area (Å²) in [7, 11) is 0. The molecule has 78 valence electrons. The lowest BCUT2D eigenvalue weighted by atomic mass is 10.0. The minimum atomic E-state index is -0.0778. The monoisotopic (exact) mass is 229 g/mol. The Kier molecular flexibility index (Phi) is 4.30. The topological polar surface area (TPSA) is 26.0 Å². The van der Waals surface area contributed by atoms with Crippen LogP contribution in [0, 0.1) is 0 Å². The first-order chi connectivity index (χ1) is 6.47. The third kappa shape index (κ3) is 4.89. The summed E-state index contributed by atoms with van der Waals surface area (Å²) in [4.78, 5) is 1.21. The average Bonchev–Trinajstić information content (AvgIpc) is 2.01. The van der Waals surface area contributed by atoms with E-state index >= 15 is 0 Å². The lowest BCUT2D eigenvalue weighted by Gasteiger charge is -2.17. The van der Waals surface area contributed by atoms with Gasteiger partial charge in [-0.3, -0.25) is 0 Å². The van der Waals surface area contributed by atoms with Gasteiger partial charge in [0.25, 0.3) is 0 Å². The standard InChI is InChI=1S/C11H16ClNS/c1-11(2,13)6-7-14-10-5-3-4-9(12)8-10/h3-5,8H,6-7,13H2,1-2H3. The van der Waals surface area contributed by atoms with Crippen molar-refractivity contribution in [3.8, 4) is 0 Å². The summed E-state index contributed by atoms with van der Waals surface area (Å²) in [6.45, 7) is 4.09. The van der Waals surface area contributed by atoms with Gasteiger partial charge in [-0.05, 0) is 44.2 Å². The highest BCUT2D eigenvalue weighted by Gasteiger charge is 2.09. The Morgan fingerprint density at radius 3 is 2.71 bits per heavy atom. The van der Waals surface area contributed by atoms with E-state index in [1.165, 1.54) is 4.90 Å². The van der Waals surface area contributed by atoms with Crippen molar-refractivity contribution in [1.29, 1.82) is 0 Å². The molecule has 0 heterocycles. The fraction of sp³-hybridized carbons (Fsp3) is 0.455. The number of halogens is 1. The summed E-state index contributed by atoms with van der Waals surface area (Å²) in [5, 5.41) is 0.794. The van der Waals surface area contributed by atoms with Crippen LogP contribution in [-0.4, -0.2) is 11.3 Å². The van der Waals surface area contributed by atoms with Crippen LogP contribution in [0.15, 0.2) is 29.2 Å². The molecule has 0 aromatic heterocycles. The zero-order valence-corrected chi connectivity index (χ0v) is 10.2. The summed E-state index contributed by atoms with van der Waals surface area (Å²) in [6.07, 6.45) is 1.00. The molecule has 1 aromatic rings. The van der Waals surface area contributed by atoms with Crippen molar-refractivity contribution in [2.45, 2.75) is 30.7 Å². The minimum absolute atomic E-state index is 0.0778. The molecule has 0 unspecified atom stereocenters. The van der Waals surface area contributed by atoms with E-state index in [1.54, 1.807) is 11.8 Å². The molecular weight excluding hydrogens is 214 g/mol. The van der Waals surface area contributed by atoms with Gasteiger partial charge in [0.05, 0.1) is 0 Å². The smallest absolute Gasteiger partial charge is 0.0417 e. The number of benzene rings is 1. The Bertz CT molecular complexity index is 294. The Hall–Kier alpha value is -0.180. The molecule has 3 heteroatoms. The second-order valence-electron chi connectivity index (χ2n) is 4.04. The van der Waals surface area contributed by atoms with E-state index in [2.05, 4.69) is 6.07 Å². The van der Waals surface area contributed by atoms with Gasteiger partial charge >= 0.3 is 0 Å². The lowest BCUT2D eigenvalue weighted by Crippen LogP contribution is -2.32. The van der Waals surface area contributed by atoms with Crippen LogP contribution in [0.25, 0.3) is 0 Å². The summed E-state index contributed by atoms with van der Waals surface area (Å²) in [5.74, 6) is 1.03. The van der Waals surface area contributed by atoms with E-state index in [1.807, 2.05) is 32.0 Å². The van der Waals surface area contributed by atoms with Gasteiger partial charge in [0, 0.05) is 15.5 Å². The van der Waals surface area contributed by atoms with Gasteiger partial charge in [-0.2, -0.15) is 0 Å². The zero-order chi connectivity index (χ0) is 10.6. The highest BCUT2D eigenvalue weighted by Crippen LogP contribution is 2.23. The molecule has 1 aromatic carbocycles. The van der Waals surface area contributed by atoms with E-state index < -0.39 is 0 Å². The Morgan fingerprint density at radius 1 is 1.43 bits per heavy atom. The molecule has 0 spiro atoms. The first-order valence-electron chi connectivity index (χ1n) is 4.65. The molecule has 1 rings (SSSR count). The molecule has 0 radical (unpaired) electrons. The fourth-order valence-corrected chi connectivity index (χ4v) is 2.49. The van der Waals surface area contributed by atoms with Crippen LogP contribution >= 0.6 is 23.4 Å². The van der Waals surface area contributed by atoms with Crippen molar-refractivity contribution < 1.29 is 0 Å². The first kappa shape index (κ1) is 11.9. The SMILES string of the molecule is CC(C)(N)CCSc1cccc(Cl)c1. The highest BCUT2D eigenvalue weighted by molar-refractivity contribution is 7.99. The van der Waals surface area contributed by atoms with E-state index in [0.717, 1.165) is 17.2 Å². The summed E-state index contributed by atoms with van der Waals surface area (Å²) in [6, 6.07) is 7.91. The van der Waals surface area contributed by atoms with Crippen molar-refractivity contribution in [1.82, 2.24) is 0 Å². The Morgan fingerprint density at radius 2 is 2.14 bits per heavy atom. The summed E-state index contributed by atoms with van der Waals surface area (Å²) >= 11 is 7.67. The molecule has 0 saturated carbocycles. The predicted molar refractivity (Wildman–Crippen MR) is 65.1 cm³/mol. The Balaban J connectivity index is 2.39. The van der Waals surface area contributed by atoms with Crippen molar-refractivity contribution in [3.63, 3.8) is 0 Å². The number of hydrogen-bond donors (Lipinski definition) is 1. The molecule has 0 bridgehead atoms. The maximum atomic E-state index is 5.89. The third-order valence-corrected chi connectivity index (χ3v) is 3.04. The van der Waals surface area contributed by atoms with E-state index in [-0.39, 0.29) is 5.54 Å². The van der Waals surface area contributed by atoms with Crippen LogP contribution in [0.2, 0.25) is 5.02 Å². The molecule has 1 nitrogen and oxygen atoms in total. The molecule has 14 heavy (non-hydrogen) atoms. The molecule has 0 aliphatic carbocycles. The van der Waals surface area contributed by atoms with Crippen molar-refractivity contribution in [2.24, 2.45) is 5.73 Å². The maximum Gasteiger partial charge on any atom is 0.0417 e. The molecule has 0 aliphatic rings. The van der Waals surface area contributed by atoms with Crippen molar-refractivity contribution in [2.75, 3.05) is 5.75 Å². The molecule has 0 fully saturated rings. The maximum absolute atomic E-state index is 5.89. The molecular formula is C11H16ClNS. The van der Waals surface area contributed by atoms with Crippen LogP contribution in [0.5, 0.6) is 0 Å². The number of nitrogens with two attached hydrogens (primary N) is 1. The average molecular weight is 230 g/mol. The number of thioether (sulfide) groups is 1. The van der Waals surface area contributed by atoms with Crippen LogP contribution in [0.1, 0.15) is 20.3 Å². The molecule has 0 amide bonds. The van der Waals surface area contributed by atoms with E-state index in [0.29, 0.717) is 0 Å². The first-order valence-corrected chi connectivity index (χ1v) is 6.01. The Labute approximate surface area is 95.0 Å². The van der Waals surface area contributed by atoms with Gasteiger partial charge in [0.15, 0.2) is 0 Å². The summed E-state index contributed by atoms with van der Waals surface area (Å²) < 4.78 is 0. The molecule has 0 atom stereocenters. The van der Waals surface area contributed by atoms with Gasteiger partial charge in [0.2, 0.25) is 0 Å². The molecule has 0 saturated heterocycles. The fourth-order valence-electron chi connectivity index (χ4n) is 0.989. The van der Waals surface area contributed by atoms with Gasteiger partial charge in [-0.15, -0.1) is 11.8 Å². The minimum Gasteiger partial charge on any atom is -0.326 e. The summed E-state index contributed by atoms with van der Waals surface area (Å²) in [5.41, 5.74) is 5.81. The highest BCUT2D eigenvalue weighted by atomic mass is 35.5. The van der Waals surface area contributed by atoms with Crippen molar-refractivity contribution in [3.05, 3.63) is 29.3 Å². The lowest BCUT2D eigenvalue weighted by molar-refractivity contribution is 0.506. The van der Waals surface area contributed by atoms with E-state index in [9.17, 15) is 0 Å². The number of hydrogen-bond acceptors (Lipinski definition) is 2. The molecule has 0 aliphatic heterocycles. The van der Waals surface area contributed by atoms with Gasteiger partial charge < -0.3 is 5.73 Å². The molecule has 2 N–H and O–H groups in total. The second-order valence-corrected chi connectivity index (χ2v) is 5.65. The van der Waals surface area contributed by atoms with Gasteiger partial charge in [0.1, 0.15) is 0 Å². The normalized spacial score (nSPS) is 11.7. The van der Waals surface area contributed by atoms with Crippen LogP contribution in [-0.2, 0) is 0 Å². The van der Waals surface area contributed by atoms with Crippen molar-refractivity contribution >= 4 is 23.4 Å². The van der Waals surface area contributed by atoms with Gasteiger partial charge in [-0.1, -0.05) is 17.7 Å². The second kappa shape index (κ2) is 5.06. The van der Waals surface area contributed by atoms with Crippen LogP contribution < -0.4 is 5.73 Å². The quantitative estimate of drug-likeness (QED) is 0.799. The number of rotatable bonds is 4. The predicted octanol–water partition coefficient (Wildman–Crippen LogP) is 3.56. The van der Waals surface area contributed by atoms with Gasteiger partial charge in [-0.25, -0.2) is 0 Å². The van der Waals surface area contributed by atoms with E-state index in [4.69, 9.17) is 17.3 Å². The third-order valence-electron chi connectivity index (χ3n) is 1.81. The zero-order valence-electron chi connectivity index (χ0n) is 8.59. The van der Waals surface area contributed by atoms with Crippen LogP contribution in [0.4, 0.5) is 0 Å². The largest absolute Gasteiger partial charge is 0.326 e.